The second kappa shape index (κ2) is 8.65. The lowest BCUT2D eigenvalue weighted by Crippen LogP contribution is -2.40. The van der Waals surface area contributed by atoms with Gasteiger partial charge >= 0.3 is 0 Å². The molecule has 0 aromatic carbocycles. The molecule has 14 heavy (non-hydrogen) atoms. The Hall–Kier alpha value is -0.940. The summed E-state index contributed by atoms with van der Waals surface area (Å²) in [6.45, 7) is 0.858. The first kappa shape index (κ1) is 13.1. The second-order valence-corrected chi connectivity index (χ2v) is 3.12. The number of likely N-dealkylation sites (N-methyl/N-ethyl adjacent to an activating group) is 1. The maximum Gasteiger partial charge on any atom is 0.234 e. The van der Waals surface area contributed by atoms with E-state index in [-0.39, 0.29) is 18.5 Å². The number of carbonyl (C=O) groups is 2. The van der Waals surface area contributed by atoms with Crippen molar-refractivity contribution >= 4 is 12.2 Å². The number of nitrogens with two attached hydrogens (primary N) is 1. The third kappa shape index (κ3) is 6.56. The molecule has 0 bridgehead atoms. The Balaban J connectivity index is 3.67. The highest BCUT2D eigenvalue weighted by atomic mass is 16.2. The van der Waals surface area contributed by atoms with Gasteiger partial charge in [0.15, 0.2) is 0 Å². The van der Waals surface area contributed by atoms with Crippen LogP contribution in [0.5, 0.6) is 0 Å². The van der Waals surface area contributed by atoms with E-state index in [2.05, 4.69) is 10.6 Å². The monoisotopic (exact) mass is 201 g/mol. The van der Waals surface area contributed by atoms with Gasteiger partial charge in [-0.15, -0.1) is 0 Å². The zero-order valence-corrected chi connectivity index (χ0v) is 8.58. The first-order chi connectivity index (χ1) is 6.74. The van der Waals surface area contributed by atoms with Crippen LogP contribution in [-0.2, 0) is 9.59 Å². The normalized spacial score (nSPS) is 12.1. The molecule has 5 nitrogen and oxygen atoms in total. The van der Waals surface area contributed by atoms with Gasteiger partial charge in [-0.1, -0.05) is 0 Å². The van der Waals surface area contributed by atoms with Crippen LogP contribution in [-0.4, -0.2) is 38.4 Å². The predicted octanol–water partition coefficient (Wildman–Crippen LogP) is -0.981. The minimum absolute atomic E-state index is 0.155. The Kier molecular flexibility index (Phi) is 8.07. The summed E-state index contributed by atoms with van der Waals surface area (Å²) < 4.78 is 0. The molecule has 0 fully saturated rings. The summed E-state index contributed by atoms with van der Waals surface area (Å²) in [7, 11) is 1.68. The summed E-state index contributed by atoms with van der Waals surface area (Å²) in [6, 6.07) is -0.373. The topological polar surface area (TPSA) is 84.2 Å². The Morgan fingerprint density at radius 3 is 2.71 bits per heavy atom. The lowest BCUT2D eigenvalue weighted by atomic mass is 10.1. The van der Waals surface area contributed by atoms with Crippen molar-refractivity contribution in [1.82, 2.24) is 10.6 Å². The van der Waals surface area contributed by atoms with Crippen LogP contribution in [0.15, 0.2) is 0 Å². The van der Waals surface area contributed by atoms with Crippen molar-refractivity contribution < 1.29 is 9.59 Å². The van der Waals surface area contributed by atoms with Gasteiger partial charge < -0.3 is 21.2 Å². The lowest BCUT2D eigenvalue weighted by molar-refractivity contribution is -0.123. The molecule has 0 aromatic rings. The average Bonchev–Trinajstić information content (AvgIpc) is 2.17. The summed E-state index contributed by atoms with van der Waals surface area (Å²) in [4.78, 5) is 21.7. The Morgan fingerprint density at radius 1 is 1.50 bits per heavy atom. The Bertz CT molecular complexity index is 173. The molecule has 82 valence electrons. The minimum Gasteiger partial charge on any atom is -0.345 e. The fraction of sp³-hybridized carbons (Fsp3) is 0.778. The maximum atomic E-state index is 11.1. The van der Waals surface area contributed by atoms with E-state index in [1.807, 2.05) is 0 Å². The van der Waals surface area contributed by atoms with E-state index in [1.165, 1.54) is 0 Å². The summed E-state index contributed by atoms with van der Waals surface area (Å²) in [5.41, 5.74) is 5.32. The van der Waals surface area contributed by atoms with Gasteiger partial charge in [0, 0.05) is 0 Å². The van der Waals surface area contributed by atoms with Crippen LogP contribution in [0.2, 0.25) is 0 Å². The van der Waals surface area contributed by atoms with Crippen molar-refractivity contribution in [2.45, 2.75) is 25.3 Å². The zero-order chi connectivity index (χ0) is 10.8. The molecular formula is C9H19N3O2. The maximum absolute atomic E-state index is 11.1. The lowest BCUT2D eigenvalue weighted by Gasteiger charge is -2.11. The molecule has 5 heteroatoms. The van der Waals surface area contributed by atoms with Gasteiger partial charge in [-0.25, -0.2) is 0 Å². The smallest absolute Gasteiger partial charge is 0.234 e. The van der Waals surface area contributed by atoms with Crippen molar-refractivity contribution in [2.24, 2.45) is 5.73 Å². The molecule has 0 rings (SSSR count). The molecule has 1 amide bonds. The zero-order valence-electron chi connectivity index (χ0n) is 8.58. The molecule has 0 aliphatic carbocycles. The van der Waals surface area contributed by atoms with Crippen LogP contribution in [0.4, 0.5) is 0 Å². The number of carbonyl (C=O) groups excluding carboxylic acids is 2. The molecule has 0 aromatic heterocycles. The van der Waals surface area contributed by atoms with Gasteiger partial charge in [0.2, 0.25) is 5.91 Å². The minimum atomic E-state index is -0.373. The highest BCUT2D eigenvalue weighted by Crippen LogP contribution is 1.97. The van der Waals surface area contributed by atoms with E-state index < -0.39 is 0 Å². The highest BCUT2D eigenvalue weighted by Gasteiger charge is 2.09. The van der Waals surface area contributed by atoms with Crippen LogP contribution < -0.4 is 16.4 Å². The third-order valence-electron chi connectivity index (χ3n) is 1.82. The summed E-state index contributed by atoms with van der Waals surface area (Å²) in [5.74, 6) is -0.155. The van der Waals surface area contributed by atoms with Crippen molar-refractivity contribution in [3.63, 3.8) is 0 Å². The molecule has 0 aliphatic heterocycles. The quantitative estimate of drug-likeness (QED) is 0.348. The number of amides is 1. The van der Waals surface area contributed by atoms with Gasteiger partial charge in [0.05, 0.1) is 12.6 Å². The number of hydrogen-bond donors (Lipinski definition) is 3. The summed E-state index contributed by atoms with van der Waals surface area (Å²) in [6.07, 6.45) is 3.17. The van der Waals surface area contributed by atoms with E-state index in [0.29, 0.717) is 13.0 Å². The van der Waals surface area contributed by atoms with Crippen LogP contribution >= 0.6 is 0 Å². The summed E-state index contributed by atoms with van der Waals surface area (Å²) >= 11 is 0. The molecule has 0 saturated heterocycles. The molecule has 0 radical (unpaired) electrons. The van der Waals surface area contributed by atoms with Gasteiger partial charge in [0.1, 0.15) is 6.29 Å². The molecule has 1 atom stereocenters. The van der Waals surface area contributed by atoms with Crippen LogP contribution in [0.1, 0.15) is 19.3 Å². The van der Waals surface area contributed by atoms with Crippen molar-refractivity contribution in [3.8, 4) is 0 Å². The molecule has 0 saturated carbocycles. The van der Waals surface area contributed by atoms with Crippen LogP contribution in [0.25, 0.3) is 0 Å². The predicted molar refractivity (Wildman–Crippen MR) is 54.8 cm³/mol. The SMILES string of the molecule is CNCC(=O)NC(C=O)CCCCN. The van der Waals surface area contributed by atoms with Crippen molar-refractivity contribution in [2.75, 3.05) is 20.1 Å². The van der Waals surface area contributed by atoms with E-state index in [9.17, 15) is 9.59 Å². The molecule has 1 unspecified atom stereocenters. The Labute approximate surface area is 84.4 Å². The third-order valence-corrected chi connectivity index (χ3v) is 1.82. The molecule has 0 spiro atoms. The number of nitrogens with one attached hydrogen (secondary N) is 2. The first-order valence-electron chi connectivity index (χ1n) is 4.84. The van der Waals surface area contributed by atoms with Crippen molar-refractivity contribution in [1.29, 1.82) is 0 Å². The number of unbranched alkanes of at least 4 members (excludes halogenated alkanes) is 1. The van der Waals surface area contributed by atoms with Crippen LogP contribution in [0, 0.1) is 0 Å². The molecule has 4 N–H and O–H groups in total. The number of aldehydes is 1. The van der Waals surface area contributed by atoms with E-state index in [4.69, 9.17) is 5.73 Å². The first-order valence-corrected chi connectivity index (χ1v) is 4.84. The van der Waals surface area contributed by atoms with Gasteiger partial charge in [-0.2, -0.15) is 0 Å². The van der Waals surface area contributed by atoms with E-state index >= 15 is 0 Å². The second-order valence-electron chi connectivity index (χ2n) is 3.12. The van der Waals surface area contributed by atoms with Gasteiger partial charge in [-0.05, 0) is 32.9 Å². The van der Waals surface area contributed by atoms with Crippen LogP contribution in [0.3, 0.4) is 0 Å². The fourth-order valence-electron chi connectivity index (χ4n) is 1.10. The number of rotatable bonds is 8. The Morgan fingerprint density at radius 2 is 2.21 bits per heavy atom. The fourth-order valence-corrected chi connectivity index (χ4v) is 1.10. The largest absolute Gasteiger partial charge is 0.345 e. The molecule has 0 heterocycles. The van der Waals surface area contributed by atoms with E-state index in [1.54, 1.807) is 7.05 Å². The molecular weight excluding hydrogens is 182 g/mol. The average molecular weight is 201 g/mol. The van der Waals surface area contributed by atoms with Gasteiger partial charge in [-0.3, -0.25) is 4.79 Å². The summed E-state index contributed by atoms with van der Waals surface area (Å²) in [5, 5.41) is 5.33. The standard InChI is InChI=1S/C9H19N3O2/c1-11-6-9(14)12-8(7-13)4-2-3-5-10/h7-8,11H,2-6,10H2,1H3,(H,12,14). The van der Waals surface area contributed by atoms with Gasteiger partial charge in [0.25, 0.3) is 0 Å². The van der Waals surface area contributed by atoms with Crippen molar-refractivity contribution in [3.05, 3.63) is 0 Å². The molecule has 0 aliphatic rings. The number of hydrogen-bond acceptors (Lipinski definition) is 4. The highest BCUT2D eigenvalue weighted by molar-refractivity contribution is 5.81. The van der Waals surface area contributed by atoms with E-state index in [0.717, 1.165) is 19.1 Å².